The van der Waals surface area contributed by atoms with Gasteiger partial charge in [0.05, 0.1) is 0 Å². The van der Waals surface area contributed by atoms with Crippen molar-refractivity contribution in [3.05, 3.63) is 34.9 Å². The molecular formula is C20H24N4O5. The summed E-state index contributed by atoms with van der Waals surface area (Å²) in [6, 6.07) is 3.33. The molecule has 0 radical (unpaired) electrons. The molecule has 1 unspecified atom stereocenters. The Morgan fingerprint density at radius 2 is 2.00 bits per heavy atom. The van der Waals surface area contributed by atoms with Crippen LogP contribution < -0.4 is 16.0 Å². The number of carbonyl (C=O) groups is 5. The van der Waals surface area contributed by atoms with E-state index in [9.17, 15) is 24.0 Å². The molecule has 1 fully saturated rings. The van der Waals surface area contributed by atoms with E-state index in [0.29, 0.717) is 17.7 Å². The Bertz CT molecular complexity index is 866. The lowest BCUT2D eigenvalue weighted by molar-refractivity contribution is -0.136. The molecule has 1 saturated heterocycles. The fourth-order valence-electron chi connectivity index (χ4n) is 3.49. The van der Waals surface area contributed by atoms with Gasteiger partial charge in [0.25, 0.3) is 11.8 Å². The van der Waals surface area contributed by atoms with Gasteiger partial charge in [0.2, 0.25) is 11.8 Å². The van der Waals surface area contributed by atoms with Crippen LogP contribution in [0.4, 0.5) is 4.79 Å². The van der Waals surface area contributed by atoms with Gasteiger partial charge >= 0.3 is 6.03 Å². The Labute approximate surface area is 168 Å². The molecule has 0 aromatic heterocycles. The van der Waals surface area contributed by atoms with Gasteiger partial charge in [-0.05, 0) is 30.5 Å². The average molecular weight is 400 g/mol. The predicted octanol–water partition coefficient (Wildman–Crippen LogP) is 1.08. The smallest absolute Gasteiger partial charge is 0.321 e. The van der Waals surface area contributed by atoms with Crippen LogP contribution in [0.3, 0.4) is 0 Å². The number of nitrogens with zero attached hydrogens (tertiary/aromatic N) is 1. The molecule has 6 amide bonds. The number of fused-ring (bicyclic) bond motifs is 1. The molecule has 1 aromatic rings. The predicted molar refractivity (Wildman–Crippen MR) is 103 cm³/mol. The summed E-state index contributed by atoms with van der Waals surface area (Å²) in [7, 11) is 0. The molecule has 0 bridgehead atoms. The molecule has 154 valence electrons. The Balaban J connectivity index is 1.64. The van der Waals surface area contributed by atoms with Crippen LogP contribution in [0.25, 0.3) is 0 Å². The molecule has 9 heteroatoms. The number of unbranched alkanes of at least 4 members (excludes halogenated alkanes) is 2. The molecule has 3 N–H and O–H groups in total. The molecule has 1 atom stereocenters. The lowest BCUT2D eigenvalue weighted by Crippen LogP contribution is -2.52. The third kappa shape index (κ3) is 4.61. The van der Waals surface area contributed by atoms with E-state index < -0.39 is 23.9 Å². The first-order valence-corrected chi connectivity index (χ1v) is 9.77. The van der Waals surface area contributed by atoms with Crippen molar-refractivity contribution in [3.8, 4) is 0 Å². The summed E-state index contributed by atoms with van der Waals surface area (Å²) < 4.78 is 0. The number of amides is 6. The van der Waals surface area contributed by atoms with Gasteiger partial charge in [0, 0.05) is 30.6 Å². The molecule has 0 aliphatic carbocycles. The van der Waals surface area contributed by atoms with Gasteiger partial charge in [0.15, 0.2) is 0 Å². The summed E-state index contributed by atoms with van der Waals surface area (Å²) in [5, 5.41) is 7.12. The number of urea groups is 1. The zero-order valence-electron chi connectivity index (χ0n) is 16.2. The van der Waals surface area contributed by atoms with Crippen molar-refractivity contribution in [1.82, 2.24) is 20.9 Å². The van der Waals surface area contributed by atoms with E-state index in [0.717, 1.165) is 19.3 Å². The van der Waals surface area contributed by atoms with Crippen LogP contribution in [0, 0.1) is 0 Å². The molecule has 3 rings (SSSR count). The van der Waals surface area contributed by atoms with Crippen LogP contribution in [0.2, 0.25) is 0 Å². The number of carbonyl (C=O) groups excluding carboxylic acids is 5. The second kappa shape index (κ2) is 8.85. The van der Waals surface area contributed by atoms with Crippen LogP contribution in [0.1, 0.15) is 65.3 Å². The maximum absolute atomic E-state index is 12.8. The first kappa shape index (κ1) is 20.5. The summed E-state index contributed by atoms with van der Waals surface area (Å²) in [5.41, 5.74) is 1.21. The highest BCUT2D eigenvalue weighted by molar-refractivity contribution is 6.08. The largest absolute Gasteiger partial charge is 0.338 e. The molecule has 29 heavy (non-hydrogen) atoms. The summed E-state index contributed by atoms with van der Waals surface area (Å²) in [6.45, 7) is 2.77. The summed E-state index contributed by atoms with van der Waals surface area (Å²) >= 11 is 0. The van der Waals surface area contributed by atoms with Crippen molar-refractivity contribution in [2.75, 3.05) is 6.54 Å². The highest BCUT2D eigenvalue weighted by atomic mass is 16.2. The van der Waals surface area contributed by atoms with Crippen molar-refractivity contribution in [1.29, 1.82) is 0 Å². The Morgan fingerprint density at radius 1 is 1.21 bits per heavy atom. The monoisotopic (exact) mass is 400 g/mol. The number of imide groups is 2. The molecular weight excluding hydrogens is 376 g/mol. The topological polar surface area (TPSA) is 125 Å². The summed E-state index contributed by atoms with van der Waals surface area (Å²) in [4.78, 5) is 61.7. The van der Waals surface area contributed by atoms with Crippen molar-refractivity contribution in [2.24, 2.45) is 0 Å². The minimum Gasteiger partial charge on any atom is -0.338 e. The van der Waals surface area contributed by atoms with Crippen LogP contribution in [0.5, 0.6) is 0 Å². The van der Waals surface area contributed by atoms with Crippen molar-refractivity contribution in [3.63, 3.8) is 0 Å². The Kier molecular flexibility index (Phi) is 6.26. The normalized spacial score (nSPS) is 18.3. The van der Waals surface area contributed by atoms with Gasteiger partial charge in [-0.25, -0.2) is 4.79 Å². The zero-order valence-corrected chi connectivity index (χ0v) is 16.2. The molecule has 2 heterocycles. The fourth-order valence-corrected chi connectivity index (χ4v) is 3.49. The number of piperidine rings is 1. The number of nitrogens with one attached hydrogen (secondary N) is 3. The second-order valence-electron chi connectivity index (χ2n) is 7.19. The lowest BCUT2D eigenvalue weighted by Gasteiger charge is -2.29. The lowest BCUT2D eigenvalue weighted by atomic mass is 10.0. The minimum absolute atomic E-state index is 0.178. The molecule has 2 aliphatic rings. The number of rotatable bonds is 6. The molecule has 0 spiro atoms. The van der Waals surface area contributed by atoms with E-state index in [2.05, 4.69) is 22.9 Å². The van der Waals surface area contributed by atoms with Crippen molar-refractivity contribution < 1.29 is 24.0 Å². The summed E-state index contributed by atoms with van der Waals surface area (Å²) in [6.07, 6.45) is 3.31. The first-order chi connectivity index (χ1) is 13.9. The minimum atomic E-state index is -0.709. The van der Waals surface area contributed by atoms with E-state index >= 15 is 0 Å². The molecule has 9 nitrogen and oxygen atoms in total. The maximum Gasteiger partial charge on any atom is 0.321 e. The number of hydrogen-bond donors (Lipinski definition) is 3. The Morgan fingerprint density at radius 3 is 2.72 bits per heavy atom. The van der Waals surface area contributed by atoms with Crippen LogP contribution in [0.15, 0.2) is 18.2 Å². The zero-order chi connectivity index (χ0) is 21.0. The van der Waals surface area contributed by atoms with Gasteiger partial charge < -0.3 is 10.2 Å². The van der Waals surface area contributed by atoms with Crippen LogP contribution in [-0.2, 0) is 16.1 Å². The average Bonchev–Trinajstić information content (AvgIpc) is 3.01. The first-order valence-electron chi connectivity index (χ1n) is 9.77. The van der Waals surface area contributed by atoms with Gasteiger partial charge in [-0.3, -0.25) is 29.8 Å². The third-order valence-corrected chi connectivity index (χ3v) is 5.08. The van der Waals surface area contributed by atoms with Gasteiger partial charge in [-0.2, -0.15) is 0 Å². The standard InChI is InChI=1S/C20H24N4O5/c1-2-3-4-9-21-20(29)23-17(26)12-5-6-13-11-24(19(28)14(13)10-12)15-7-8-16(25)22-18(15)27/h5-6,10,15H,2-4,7-9,11H2,1H3,(H,22,25,27)(H2,21,23,26,29). The van der Waals surface area contributed by atoms with E-state index in [1.54, 1.807) is 12.1 Å². The van der Waals surface area contributed by atoms with E-state index in [-0.39, 0.29) is 36.8 Å². The van der Waals surface area contributed by atoms with Crippen LogP contribution in [-0.4, -0.2) is 47.1 Å². The number of hydrogen-bond acceptors (Lipinski definition) is 5. The molecule has 0 saturated carbocycles. The molecule has 1 aromatic carbocycles. The van der Waals surface area contributed by atoms with Crippen LogP contribution >= 0.6 is 0 Å². The highest BCUT2D eigenvalue weighted by Crippen LogP contribution is 2.28. The van der Waals surface area contributed by atoms with Gasteiger partial charge in [0.1, 0.15) is 6.04 Å². The second-order valence-corrected chi connectivity index (χ2v) is 7.19. The van der Waals surface area contributed by atoms with Gasteiger partial charge in [-0.15, -0.1) is 0 Å². The fraction of sp³-hybridized carbons (Fsp3) is 0.450. The van der Waals surface area contributed by atoms with E-state index in [1.807, 2.05) is 0 Å². The number of benzene rings is 1. The van der Waals surface area contributed by atoms with Crippen molar-refractivity contribution in [2.45, 2.75) is 51.6 Å². The maximum atomic E-state index is 12.8. The van der Waals surface area contributed by atoms with E-state index in [4.69, 9.17) is 0 Å². The van der Waals surface area contributed by atoms with Crippen molar-refractivity contribution >= 4 is 29.7 Å². The summed E-state index contributed by atoms with van der Waals surface area (Å²) in [5.74, 6) is -1.80. The van der Waals surface area contributed by atoms with E-state index in [1.165, 1.54) is 11.0 Å². The third-order valence-electron chi connectivity index (χ3n) is 5.08. The highest BCUT2D eigenvalue weighted by Gasteiger charge is 2.39. The van der Waals surface area contributed by atoms with Gasteiger partial charge in [-0.1, -0.05) is 25.8 Å². The quantitative estimate of drug-likeness (QED) is 0.487. The molecule has 2 aliphatic heterocycles. The SMILES string of the molecule is CCCCCNC(=O)NC(=O)c1ccc2c(c1)C(=O)N(C1CCC(=O)NC1=O)C2. The Hall–Kier alpha value is -3.23.